The molecule has 1 aromatic heterocycles. The molecule has 6 heteroatoms. The van der Waals surface area contributed by atoms with E-state index in [0.717, 1.165) is 54.7 Å². The molecule has 1 aromatic carbocycles. The maximum absolute atomic E-state index is 10.4. The number of nitrogens with zero attached hydrogens (tertiary/aromatic N) is 4. The van der Waals surface area contributed by atoms with Crippen molar-refractivity contribution in [3.05, 3.63) is 52.3 Å². The molecule has 0 spiro atoms. The van der Waals surface area contributed by atoms with E-state index in [4.69, 9.17) is 11.6 Å². The third-order valence-electron chi connectivity index (χ3n) is 4.73. The Morgan fingerprint density at radius 1 is 1.12 bits per heavy atom. The average molecular weight is 349 g/mol. The minimum atomic E-state index is -0.423. The van der Waals surface area contributed by atoms with Crippen LogP contribution in [0.5, 0.6) is 0 Å². The van der Waals surface area contributed by atoms with Crippen LogP contribution >= 0.6 is 11.6 Å². The van der Waals surface area contributed by atoms with E-state index in [1.807, 2.05) is 44.3 Å². The zero-order valence-electron chi connectivity index (χ0n) is 14.3. The topological polar surface area (TPSA) is 44.5 Å². The maximum atomic E-state index is 10.4. The molecule has 0 amide bonds. The van der Waals surface area contributed by atoms with Gasteiger partial charge in [0.25, 0.3) is 0 Å². The first-order chi connectivity index (χ1) is 11.5. The second-order valence-electron chi connectivity index (χ2n) is 6.48. The Bertz CT molecular complexity index is 665. The number of hydrogen-bond acceptors (Lipinski definition) is 4. The second kappa shape index (κ2) is 7.66. The van der Waals surface area contributed by atoms with E-state index in [1.165, 1.54) is 0 Å². The normalized spacial score (nSPS) is 18.0. The molecule has 0 aliphatic carbocycles. The van der Waals surface area contributed by atoms with Gasteiger partial charge in [0.2, 0.25) is 0 Å². The highest BCUT2D eigenvalue weighted by Gasteiger charge is 2.22. The standard InChI is InChI=1S/C18H25ClN4O/c1-14-16(18(19)21(2)20-14)12-22-8-10-23(11-9-22)13-17(24)15-6-4-3-5-7-15/h3-7,17,24H,8-13H2,1-2H3. The van der Waals surface area contributed by atoms with Crippen molar-refractivity contribution in [2.45, 2.75) is 19.6 Å². The Labute approximate surface area is 148 Å². The van der Waals surface area contributed by atoms with Crippen molar-refractivity contribution < 1.29 is 5.11 Å². The second-order valence-corrected chi connectivity index (χ2v) is 6.84. The van der Waals surface area contributed by atoms with Crippen molar-refractivity contribution in [2.75, 3.05) is 32.7 Å². The van der Waals surface area contributed by atoms with Crippen molar-refractivity contribution in [2.24, 2.45) is 7.05 Å². The van der Waals surface area contributed by atoms with Crippen LogP contribution < -0.4 is 0 Å². The zero-order valence-corrected chi connectivity index (χ0v) is 15.1. The van der Waals surface area contributed by atoms with E-state index in [-0.39, 0.29) is 0 Å². The molecule has 24 heavy (non-hydrogen) atoms. The number of hydrogen-bond donors (Lipinski definition) is 1. The molecule has 5 nitrogen and oxygen atoms in total. The van der Waals surface area contributed by atoms with Crippen LogP contribution in [0.1, 0.15) is 22.9 Å². The minimum Gasteiger partial charge on any atom is -0.387 e. The van der Waals surface area contributed by atoms with E-state index in [1.54, 1.807) is 4.68 Å². The van der Waals surface area contributed by atoms with Crippen molar-refractivity contribution in [1.82, 2.24) is 19.6 Å². The molecule has 0 radical (unpaired) electrons. The lowest BCUT2D eigenvalue weighted by Crippen LogP contribution is -2.47. The van der Waals surface area contributed by atoms with E-state index >= 15 is 0 Å². The molecular formula is C18H25ClN4O. The molecule has 1 atom stereocenters. The Hall–Kier alpha value is -1.40. The fourth-order valence-corrected chi connectivity index (χ4v) is 3.47. The van der Waals surface area contributed by atoms with Crippen molar-refractivity contribution >= 4 is 11.6 Å². The number of aliphatic hydroxyl groups excluding tert-OH is 1. The van der Waals surface area contributed by atoms with E-state index in [2.05, 4.69) is 14.9 Å². The molecule has 2 aromatic rings. The Morgan fingerprint density at radius 3 is 2.33 bits per heavy atom. The summed E-state index contributed by atoms with van der Waals surface area (Å²) >= 11 is 6.33. The van der Waals surface area contributed by atoms with Gasteiger partial charge >= 0.3 is 0 Å². The fraction of sp³-hybridized carbons (Fsp3) is 0.500. The number of halogens is 1. The summed E-state index contributed by atoms with van der Waals surface area (Å²) in [5.41, 5.74) is 3.11. The molecule has 0 saturated carbocycles. The molecular weight excluding hydrogens is 324 g/mol. The number of aryl methyl sites for hydroxylation is 2. The first-order valence-corrected chi connectivity index (χ1v) is 8.78. The summed E-state index contributed by atoms with van der Waals surface area (Å²) in [5.74, 6) is 0. The number of piperazine rings is 1. The van der Waals surface area contributed by atoms with Gasteiger partial charge in [0, 0.05) is 51.9 Å². The van der Waals surface area contributed by atoms with Crippen LogP contribution in [0, 0.1) is 6.92 Å². The van der Waals surface area contributed by atoms with Gasteiger partial charge in [-0.15, -0.1) is 0 Å². The van der Waals surface area contributed by atoms with Gasteiger partial charge in [-0.05, 0) is 12.5 Å². The van der Waals surface area contributed by atoms with Gasteiger partial charge in [0.1, 0.15) is 5.15 Å². The Morgan fingerprint density at radius 2 is 1.75 bits per heavy atom. The van der Waals surface area contributed by atoms with Crippen LogP contribution in [-0.4, -0.2) is 57.4 Å². The van der Waals surface area contributed by atoms with Gasteiger partial charge in [0.15, 0.2) is 0 Å². The highest BCUT2D eigenvalue weighted by atomic mass is 35.5. The molecule has 1 aliphatic rings. The summed E-state index contributed by atoms with van der Waals surface area (Å²) < 4.78 is 1.73. The van der Waals surface area contributed by atoms with Crippen LogP contribution in [-0.2, 0) is 13.6 Å². The van der Waals surface area contributed by atoms with E-state index < -0.39 is 6.10 Å². The predicted molar refractivity (Wildman–Crippen MR) is 96.1 cm³/mol. The van der Waals surface area contributed by atoms with Gasteiger partial charge in [-0.3, -0.25) is 14.5 Å². The van der Waals surface area contributed by atoms with Gasteiger partial charge in [-0.1, -0.05) is 41.9 Å². The summed E-state index contributed by atoms with van der Waals surface area (Å²) in [7, 11) is 1.88. The SMILES string of the molecule is Cc1nn(C)c(Cl)c1CN1CCN(CC(O)c2ccccc2)CC1. The third kappa shape index (κ3) is 3.98. The zero-order chi connectivity index (χ0) is 17.1. The summed E-state index contributed by atoms with van der Waals surface area (Å²) in [5, 5.41) is 15.5. The molecule has 1 unspecified atom stereocenters. The fourth-order valence-electron chi connectivity index (χ4n) is 3.23. The molecule has 2 heterocycles. The van der Waals surface area contributed by atoms with Crippen molar-refractivity contribution in [1.29, 1.82) is 0 Å². The first-order valence-electron chi connectivity index (χ1n) is 8.40. The minimum absolute atomic E-state index is 0.423. The maximum Gasteiger partial charge on any atom is 0.131 e. The van der Waals surface area contributed by atoms with Crippen LogP contribution in [0.25, 0.3) is 0 Å². The highest BCUT2D eigenvalue weighted by Crippen LogP contribution is 2.21. The monoisotopic (exact) mass is 348 g/mol. The number of β-amino-alcohol motifs (C(OH)–C–C–N with tert-alkyl or cyclic N) is 1. The van der Waals surface area contributed by atoms with Gasteiger partial charge in [-0.25, -0.2) is 0 Å². The van der Waals surface area contributed by atoms with Crippen LogP contribution in [0.4, 0.5) is 0 Å². The smallest absolute Gasteiger partial charge is 0.131 e. The Kier molecular flexibility index (Phi) is 5.56. The summed E-state index contributed by atoms with van der Waals surface area (Å²) in [6.45, 7) is 7.41. The van der Waals surface area contributed by atoms with Crippen LogP contribution in [0.2, 0.25) is 5.15 Å². The van der Waals surface area contributed by atoms with Crippen molar-refractivity contribution in [3.8, 4) is 0 Å². The van der Waals surface area contributed by atoms with Crippen molar-refractivity contribution in [3.63, 3.8) is 0 Å². The number of rotatable bonds is 5. The average Bonchev–Trinajstić information content (AvgIpc) is 2.83. The quantitative estimate of drug-likeness (QED) is 0.900. The summed E-state index contributed by atoms with van der Waals surface area (Å²) in [6.07, 6.45) is -0.423. The summed E-state index contributed by atoms with van der Waals surface area (Å²) in [6, 6.07) is 9.87. The third-order valence-corrected chi connectivity index (χ3v) is 5.20. The lowest BCUT2D eigenvalue weighted by molar-refractivity contribution is 0.0700. The lowest BCUT2D eigenvalue weighted by atomic mass is 10.1. The molecule has 3 rings (SSSR count). The first kappa shape index (κ1) is 17.4. The molecule has 1 saturated heterocycles. The van der Waals surface area contributed by atoms with Crippen LogP contribution in [0.15, 0.2) is 30.3 Å². The van der Waals surface area contributed by atoms with Crippen LogP contribution in [0.3, 0.4) is 0 Å². The molecule has 130 valence electrons. The number of benzene rings is 1. The lowest BCUT2D eigenvalue weighted by Gasteiger charge is -2.35. The highest BCUT2D eigenvalue weighted by molar-refractivity contribution is 6.30. The van der Waals surface area contributed by atoms with Gasteiger partial charge < -0.3 is 5.11 Å². The molecule has 1 N–H and O–H groups in total. The molecule has 1 fully saturated rings. The van der Waals surface area contributed by atoms with Gasteiger partial charge in [0.05, 0.1) is 11.8 Å². The van der Waals surface area contributed by atoms with E-state index in [0.29, 0.717) is 6.54 Å². The van der Waals surface area contributed by atoms with Gasteiger partial charge in [-0.2, -0.15) is 5.10 Å². The van der Waals surface area contributed by atoms with E-state index in [9.17, 15) is 5.11 Å². The predicted octanol–water partition coefficient (Wildman–Crippen LogP) is 2.23. The summed E-state index contributed by atoms with van der Waals surface area (Å²) in [4.78, 5) is 4.73. The number of aromatic nitrogens is 2. The molecule has 0 bridgehead atoms. The Balaban J connectivity index is 1.51. The largest absolute Gasteiger partial charge is 0.387 e. The molecule has 1 aliphatic heterocycles. The number of aliphatic hydroxyl groups is 1.